The molecule has 1 aromatic heterocycles. The lowest BCUT2D eigenvalue weighted by atomic mass is 9.74. The van der Waals surface area contributed by atoms with Crippen LogP contribution in [0.5, 0.6) is 0 Å². The number of nitrogens with one attached hydrogen (secondary N) is 1. The summed E-state index contributed by atoms with van der Waals surface area (Å²) in [6, 6.07) is -0.572. The third-order valence-electron chi connectivity index (χ3n) is 4.11. The Morgan fingerprint density at radius 3 is 2.75 bits per heavy atom. The van der Waals surface area contributed by atoms with E-state index in [0.717, 1.165) is 6.42 Å². The van der Waals surface area contributed by atoms with Crippen molar-refractivity contribution in [2.45, 2.75) is 51.4 Å². The van der Waals surface area contributed by atoms with Gasteiger partial charge in [-0.05, 0) is 25.7 Å². The third-order valence-corrected chi connectivity index (χ3v) is 4.11. The van der Waals surface area contributed by atoms with Gasteiger partial charge in [-0.25, -0.2) is 4.68 Å². The first-order valence-electron chi connectivity index (χ1n) is 6.90. The molecule has 114 valence electrons. The average molecular weight is 291 g/mol. The first kappa shape index (κ1) is 15.2. The summed E-state index contributed by atoms with van der Waals surface area (Å²) in [5.41, 5.74) is 3.17. The number of aryl methyl sites for hydroxylation is 1. The molecule has 2 rings (SSSR count). The Labute approximate surface area is 115 Å². The largest absolute Gasteiger partial charge is 0.392 e. The molecular weight excluding hydrogens is 271 g/mol. The standard InChI is InChI=1S/C12H20F3N5/c1-2-20-10(7-17-19-20)11(18-16)8-5-3-4-6-9(8)12(13,14)15/h7-9,11,18H,2-6,16H2,1H3. The molecule has 1 saturated carbocycles. The van der Waals surface area contributed by atoms with E-state index in [4.69, 9.17) is 5.84 Å². The Kier molecular flexibility index (Phi) is 4.64. The SMILES string of the molecule is CCn1nncc1C(NN)C1CCCCC1C(F)(F)F. The Morgan fingerprint density at radius 2 is 2.15 bits per heavy atom. The van der Waals surface area contributed by atoms with Crippen molar-refractivity contribution in [3.8, 4) is 0 Å². The molecule has 1 aromatic rings. The maximum Gasteiger partial charge on any atom is 0.392 e. The van der Waals surface area contributed by atoms with Gasteiger partial charge in [0.25, 0.3) is 0 Å². The van der Waals surface area contributed by atoms with Crippen molar-refractivity contribution in [3.05, 3.63) is 11.9 Å². The molecule has 3 N–H and O–H groups in total. The van der Waals surface area contributed by atoms with E-state index < -0.39 is 24.1 Å². The Balaban J connectivity index is 2.29. The van der Waals surface area contributed by atoms with Crippen LogP contribution in [0.1, 0.15) is 44.3 Å². The van der Waals surface area contributed by atoms with Crippen LogP contribution < -0.4 is 11.3 Å². The molecule has 0 spiro atoms. The molecule has 0 aliphatic heterocycles. The second kappa shape index (κ2) is 6.09. The molecule has 3 atom stereocenters. The Bertz CT molecular complexity index is 431. The maximum atomic E-state index is 13.2. The number of hydrogen-bond acceptors (Lipinski definition) is 4. The number of nitrogens with zero attached hydrogens (tertiary/aromatic N) is 3. The highest BCUT2D eigenvalue weighted by Gasteiger charge is 2.48. The van der Waals surface area contributed by atoms with Gasteiger partial charge in [0.2, 0.25) is 0 Å². The van der Waals surface area contributed by atoms with Crippen molar-refractivity contribution >= 4 is 0 Å². The minimum atomic E-state index is -4.19. The summed E-state index contributed by atoms with van der Waals surface area (Å²) in [7, 11) is 0. The van der Waals surface area contributed by atoms with Crippen LogP contribution in [0.4, 0.5) is 13.2 Å². The maximum absolute atomic E-state index is 13.2. The van der Waals surface area contributed by atoms with Crippen molar-refractivity contribution in [1.82, 2.24) is 20.4 Å². The number of hydrazine groups is 1. The van der Waals surface area contributed by atoms with Crippen molar-refractivity contribution in [2.75, 3.05) is 0 Å². The van der Waals surface area contributed by atoms with Gasteiger partial charge in [0.05, 0.1) is 23.9 Å². The highest BCUT2D eigenvalue weighted by Crippen LogP contribution is 2.46. The molecule has 1 fully saturated rings. The molecule has 0 amide bonds. The first-order valence-corrected chi connectivity index (χ1v) is 6.90. The van der Waals surface area contributed by atoms with Gasteiger partial charge in [-0.15, -0.1) is 5.10 Å². The fourth-order valence-corrected chi connectivity index (χ4v) is 3.15. The second-order valence-electron chi connectivity index (χ2n) is 5.22. The lowest BCUT2D eigenvalue weighted by molar-refractivity contribution is -0.199. The van der Waals surface area contributed by atoms with Crippen molar-refractivity contribution in [2.24, 2.45) is 17.7 Å². The number of alkyl halides is 3. The Morgan fingerprint density at radius 1 is 1.45 bits per heavy atom. The summed E-state index contributed by atoms with van der Waals surface area (Å²) in [5.74, 6) is 3.64. The van der Waals surface area contributed by atoms with Crippen LogP contribution in [0.25, 0.3) is 0 Å². The summed E-state index contributed by atoms with van der Waals surface area (Å²) in [6.07, 6.45) is -0.610. The third kappa shape index (κ3) is 2.95. The molecule has 1 aliphatic rings. The molecule has 1 aliphatic carbocycles. The van der Waals surface area contributed by atoms with Gasteiger partial charge in [-0.2, -0.15) is 13.2 Å². The molecule has 20 heavy (non-hydrogen) atoms. The number of rotatable bonds is 4. The summed E-state index contributed by atoms with van der Waals surface area (Å²) in [6.45, 7) is 2.42. The predicted molar refractivity (Wildman–Crippen MR) is 67.3 cm³/mol. The molecule has 0 bridgehead atoms. The smallest absolute Gasteiger partial charge is 0.271 e. The summed E-state index contributed by atoms with van der Waals surface area (Å²) in [5, 5.41) is 7.66. The van der Waals surface area contributed by atoms with Crippen molar-refractivity contribution < 1.29 is 13.2 Å². The van der Waals surface area contributed by atoms with Crippen LogP contribution in [0.2, 0.25) is 0 Å². The van der Waals surface area contributed by atoms with Crippen molar-refractivity contribution in [3.63, 3.8) is 0 Å². The lowest BCUT2D eigenvalue weighted by Gasteiger charge is -2.37. The molecule has 0 aromatic carbocycles. The quantitative estimate of drug-likeness (QED) is 0.659. The van der Waals surface area contributed by atoms with Gasteiger partial charge in [-0.3, -0.25) is 11.3 Å². The zero-order valence-electron chi connectivity index (χ0n) is 11.4. The minimum absolute atomic E-state index is 0.167. The van der Waals surface area contributed by atoms with Crippen molar-refractivity contribution in [1.29, 1.82) is 0 Å². The highest BCUT2D eigenvalue weighted by molar-refractivity contribution is 5.06. The number of hydrogen-bond donors (Lipinski definition) is 2. The monoisotopic (exact) mass is 291 g/mol. The summed E-state index contributed by atoms with van der Waals surface area (Å²) >= 11 is 0. The predicted octanol–water partition coefficient (Wildman–Crippen LogP) is 2.17. The molecule has 3 unspecified atom stereocenters. The van der Waals surface area contributed by atoms with Crippen LogP contribution in [0.15, 0.2) is 6.20 Å². The second-order valence-corrected chi connectivity index (χ2v) is 5.22. The molecule has 8 heteroatoms. The van der Waals surface area contributed by atoms with Crippen LogP contribution in [0.3, 0.4) is 0 Å². The van der Waals surface area contributed by atoms with E-state index in [9.17, 15) is 13.2 Å². The van der Waals surface area contributed by atoms with Gasteiger partial charge in [0, 0.05) is 6.54 Å². The lowest BCUT2D eigenvalue weighted by Crippen LogP contribution is -2.43. The zero-order chi connectivity index (χ0) is 14.8. The van der Waals surface area contributed by atoms with Gasteiger partial charge in [-0.1, -0.05) is 18.1 Å². The molecule has 1 heterocycles. The number of halogens is 3. The minimum Gasteiger partial charge on any atom is -0.271 e. The van der Waals surface area contributed by atoms with Crippen LogP contribution in [0, 0.1) is 11.8 Å². The summed E-state index contributed by atoms with van der Waals surface area (Å²) < 4.78 is 41.2. The number of aromatic nitrogens is 3. The van der Waals surface area contributed by atoms with Gasteiger partial charge in [0.15, 0.2) is 0 Å². The van der Waals surface area contributed by atoms with Crippen LogP contribution in [-0.2, 0) is 6.54 Å². The fourth-order valence-electron chi connectivity index (χ4n) is 3.15. The van der Waals surface area contributed by atoms with E-state index in [1.807, 2.05) is 6.92 Å². The van der Waals surface area contributed by atoms with E-state index in [1.165, 1.54) is 6.20 Å². The van der Waals surface area contributed by atoms with E-state index >= 15 is 0 Å². The fraction of sp³-hybridized carbons (Fsp3) is 0.833. The van der Waals surface area contributed by atoms with Crippen LogP contribution in [-0.4, -0.2) is 21.2 Å². The van der Waals surface area contributed by atoms with E-state index in [-0.39, 0.29) is 6.42 Å². The molecule has 0 radical (unpaired) electrons. The zero-order valence-corrected chi connectivity index (χ0v) is 11.4. The summed E-state index contributed by atoms with van der Waals surface area (Å²) in [4.78, 5) is 0. The molecular formula is C12H20F3N5. The normalized spacial score (nSPS) is 25.6. The van der Waals surface area contributed by atoms with Gasteiger partial charge >= 0.3 is 6.18 Å². The molecule has 0 saturated heterocycles. The first-order chi connectivity index (χ1) is 9.49. The average Bonchev–Trinajstić information content (AvgIpc) is 2.87. The Hall–Kier alpha value is -1.15. The molecule has 5 nitrogen and oxygen atoms in total. The van der Waals surface area contributed by atoms with Gasteiger partial charge in [0.1, 0.15) is 0 Å². The highest BCUT2D eigenvalue weighted by atomic mass is 19.4. The van der Waals surface area contributed by atoms with Crippen LogP contribution >= 0.6 is 0 Å². The van der Waals surface area contributed by atoms with E-state index in [1.54, 1.807) is 4.68 Å². The van der Waals surface area contributed by atoms with E-state index in [2.05, 4.69) is 15.7 Å². The van der Waals surface area contributed by atoms with Gasteiger partial charge < -0.3 is 0 Å². The number of nitrogens with two attached hydrogens (primary N) is 1. The van der Waals surface area contributed by atoms with E-state index in [0.29, 0.717) is 25.1 Å². The topological polar surface area (TPSA) is 68.8 Å².